The number of unbranched alkanes of at least 4 members (excludes halogenated alkanes) is 3. The molecule has 0 aliphatic carbocycles. The number of β-amino-alcohol motifs (C(OH)–C–C–N with tert-alkyl or cyclic N) is 1. The van der Waals surface area contributed by atoms with Gasteiger partial charge in [-0.25, -0.2) is 4.98 Å². The molecule has 356 valence electrons. The molecule has 4 N–H and O–H groups in total. The fourth-order valence-electron chi connectivity index (χ4n) is 8.39. The van der Waals surface area contributed by atoms with Crippen LogP contribution in [0.25, 0.3) is 38.1 Å². The number of ether oxygens (including phenoxy) is 1. The zero-order chi connectivity index (χ0) is 48.0. The van der Waals surface area contributed by atoms with Crippen LogP contribution < -0.4 is 16.0 Å². The van der Waals surface area contributed by atoms with Gasteiger partial charge >= 0.3 is 6.18 Å². The number of nitrogens with one attached hydrogen (secondary N) is 3. The van der Waals surface area contributed by atoms with Crippen molar-refractivity contribution >= 4 is 56.9 Å². The van der Waals surface area contributed by atoms with E-state index in [0.717, 1.165) is 63.9 Å². The Morgan fingerprint density at radius 3 is 2.34 bits per heavy atom. The van der Waals surface area contributed by atoms with E-state index in [9.17, 15) is 37.5 Å². The predicted octanol–water partition coefficient (Wildman–Crippen LogP) is 7.47. The number of hydrogen-bond acceptors (Lipinski definition) is 9. The number of aromatic nitrogens is 4. The van der Waals surface area contributed by atoms with Crippen molar-refractivity contribution in [2.45, 2.75) is 97.1 Å². The summed E-state index contributed by atoms with van der Waals surface area (Å²) in [5.74, 6) is -1.33. The third kappa shape index (κ3) is 11.7. The molecule has 1 unspecified atom stereocenters. The van der Waals surface area contributed by atoms with Crippen molar-refractivity contribution in [3.63, 3.8) is 0 Å². The molecule has 0 bridgehead atoms. The van der Waals surface area contributed by atoms with Crippen LogP contribution in [0, 0.1) is 12.3 Å². The van der Waals surface area contributed by atoms with Gasteiger partial charge in [0.2, 0.25) is 17.7 Å². The number of hydrogen-bond donors (Lipinski definition) is 4. The van der Waals surface area contributed by atoms with Gasteiger partial charge in [-0.1, -0.05) is 57.9 Å². The van der Waals surface area contributed by atoms with Gasteiger partial charge < -0.3 is 30.7 Å². The van der Waals surface area contributed by atoms with Crippen molar-refractivity contribution in [2.75, 3.05) is 26.3 Å². The molecule has 0 saturated carbocycles. The lowest BCUT2D eigenvalue weighted by atomic mass is 9.85. The molecule has 4 amide bonds. The number of aliphatic hydroxyl groups is 1. The highest BCUT2D eigenvalue weighted by Gasteiger charge is 2.44. The van der Waals surface area contributed by atoms with E-state index in [4.69, 9.17) is 4.74 Å². The van der Waals surface area contributed by atoms with Crippen molar-refractivity contribution in [1.82, 2.24) is 40.2 Å². The van der Waals surface area contributed by atoms with E-state index in [1.165, 1.54) is 17.0 Å². The molecule has 1 aliphatic heterocycles. The average molecular weight is 943 g/mol. The van der Waals surface area contributed by atoms with E-state index in [1.807, 2.05) is 63.7 Å². The number of amides is 4. The Hall–Kier alpha value is -6.11. The van der Waals surface area contributed by atoms with E-state index < -0.39 is 41.2 Å². The van der Waals surface area contributed by atoms with Crippen LogP contribution in [-0.2, 0) is 38.9 Å². The SMILES string of the molecule is Cc1ncsc1-c1ccc(CNC(=O)[C@@H]2C[C@@H](O)CN2C(=O)C(NC(=O)CCCCCCOCCNC(=O)c2ccc3c(c2)c2cn(C)nc2n3-c2ccc(C(F)(F)F)cc2)C(C)(C)C)cc1. The lowest BCUT2D eigenvalue weighted by Crippen LogP contribution is -2.57. The van der Waals surface area contributed by atoms with Gasteiger partial charge in [-0.05, 0) is 78.8 Å². The number of aryl methyl sites for hydroxylation is 2. The number of carbonyl (C=O) groups excluding carboxylic acids is 4. The number of rotatable bonds is 18. The molecule has 0 spiro atoms. The normalized spacial score (nSPS) is 15.9. The summed E-state index contributed by atoms with van der Waals surface area (Å²) in [6.45, 7) is 8.84. The van der Waals surface area contributed by atoms with Crippen LogP contribution in [0.3, 0.4) is 0 Å². The zero-order valence-corrected chi connectivity index (χ0v) is 39.1. The van der Waals surface area contributed by atoms with Gasteiger partial charge in [0, 0.05) is 74.4 Å². The Morgan fingerprint density at radius 2 is 1.66 bits per heavy atom. The topological polar surface area (TPSA) is 173 Å². The summed E-state index contributed by atoms with van der Waals surface area (Å²) < 4.78 is 48.8. The van der Waals surface area contributed by atoms with Gasteiger partial charge in [-0.3, -0.25) is 28.4 Å². The van der Waals surface area contributed by atoms with Gasteiger partial charge in [0.15, 0.2) is 5.65 Å². The summed E-state index contributed by atoms with van der Waals surface area (Å²) in [6, 6.07) is 16.1. The van der Waals surface area contributed by atoms with Gasteiger partial charge in [0.05, 0.1) is 39.9 Å². The molecule has 18 heteroatoms. The summed E-state index contributed by atoms with van der Waals surface area (Å²) >= 11 is 1.57. The molecule has 4 heterocycles. The van der Waals surface area contributed by atoms with Gasteiger partial charge in [-0.15, -0.1) is 11.3 Å². The quantitative estimate of drug-likeness (QED) is 0.0643. The molecule has 14 nitrogen and oxygen atoms in total. The van der Waals surface area contributed by atoms with Crippen molar-refractivity contribution < 1.29 is 42.2 Å². The lowest BCUT2D eigenvalue weighted by Gasteiger charge is -2.35. The second-order valence-electron chi connectivity index (χ2n) is 18.1. The van der Waals surface area contributed by atoms with Crippen molar-refractivity contribution in [3.05, 3.63) is 101 Å². The first-order valence-corrected chi connectivity index (χ1v) is 23.3. The van der Waals surface area contributed by atoms with Gasteiger partial charge in [0.25, 0.3) is 5.91 Å². The number of fused-ring (bicyclic) bond motifs is 3. The summed E-state index contributed by atoms with van der Waals surface area (Å²) in [4.78, 5) is 60.5. The highest BCUT2D eigenvalue weighted by molar-refractivity contribution is 7.13. The highest BCUT2D eigenvalue weighted by atomic mass is 32.1. The molecule has 7 rings (SSSR count). The van der Waals surface area contributed by atoms with Crippen LogP contribution in [0.4, 0.5) is 13.2 Å². The van der Waals surface area contributed by atoms with Crippen LogP contribution in [-0.4, -0.2) is 97.5 Å². The molecule has 3 atom stereocenters. The molecule has 0 radical (unpaired) electrons. The second kappa shape index (κ2) is 20.8. The lowest BCUT2D eigenvalue weighted by molar-refractivity contribution is -0.144. The molecular weight excluding hydrogens is 886 g/mol. The summed E-state index contributed by atoms with van der Waals surface area (Å²) in [7, 11) is 1.75. The fraction of sp³-hybridized carbons (Fsp3) is 0.429. The fourth-order valence-corrected chi connectivity index (χ4v) is 9.20. The Morgan fingerprint density at radius 1 is 0.925 bits per heavy atom. The van der Waals surface area contributed by atoms with E-state index >= 15 is 0 Å². The number of halogens is 3. The molecule has 3 aromatic carbocycles. The third-order valence-corrected chi connectivity index (χ3v) is 12.9. The number of nitrogens with zero attached hydrogens (tertiary/aromatic N) is 5. The van der Waals surface area contributed by atoms with Crippen LogP contribution in [0.2, 0.25) is 0 Å². The first-order chi connectivity index (χ1) is 31.9. The van der Waals surface area contributed by atoms with Crippen molar-refractivity contribution in [3.8, 4) is 16.1 Å². The molecule has 1 saturated heterocycles. The minimum atomic E-state index is -4.45. The van der Waals surface area contributed by atoms with E-state index in [2.05, 4.69) is 26.0 Å². The number of likely N-dealkylation sites (tertiary alicyclic amines) is 1. The first-order valence-electron chi connectivity index (χ1n) is 22.5. The van der Waals surface area contributed by atoms with Crippen LogP contribution in [0.5, 0.6) is 0 Å². The third-order valence-electron chi connectivity index (χ3n) is 11.9. The maximum absolute atomic E-state index is 14.0. The van der Waals surface area contributed by atoms with Crippen LogP contribution >= 0.6 is 11.3 Å². The molecule has 3 aromatic heterocycles. The largest absolute Gasteiger partial charge is 0.416 e. The van der Waals surface area contributed by atoms with Gasteiger partial charge in [0.1, 0.15) is 12.1 Å². The second-order valence-corrected chi connectivity index (χ2v) is 19.0. The van der Waals surface area contributed by atoms with Crippen LogP contribution in [0.15, 0.2) is 78.4 Å². The molecular formula is C49H57F3N8O6S. The number of thiazole rings is 1. The van der Waals surface area contributed by atoms with Crippen molar-refractivity contribution in [2.24, 2.45) is 12.5 Å². The smallest absolute Gasteiger partial charge is 0.391 e. The predicted molar refractivity (Wildman–Crippen MR) is 250 cm³/mol. The minimum Gasteiger partial charge on any atom is -0.391 e. The molecule has 1 fully saturated rings. The molecule has 67 heavy (non-hydrogen) atoms. The maximum Gasteiger partial charge on any atom is 0.416 e. The Kier molecular flexibility index (Phi) is 15.2. The Bertz CT molecular complexity index is 2710. The zero-order valence-electron chi connectivity index (χ0n) is 38.3. The summed E-state index contributed by atoms with van der Waals surface area (Å²) in [5, 5.41) is 25.3. The maximum atomic E-state index is 14.0. The number of aliphatic hydroxyl groups excluding tert-OH is 1. The number of carbonyl (C=O) groups is 4. The summed E-state index contributed by atoms with van der Waals surface area (Å²) in [5.41, 5.74) is 5.49. The monoisotopic (exact) mass is 942 g/mol. The Balaban J connectivity index is 0.809. The Labute approximate surface area is 390 Å². The van der Waals surface area contributed by atoms with E-state index in [-0.39, 0.29) is 50.2 Å². The number of alkyl halides is 3. The minimum absolute atomic E-state index is 0.00279. The summed E-state index contributed by atoms with van der Waals surface area (Å²) in [6.07, 6.45) is -0.240. The standard InChI is InChI=1S/C49H57F3N8O6S/c1-30-42(67-29-55-30)32-13-11-31(12-14-32)26-54-46(64)40-25-36(61)27-59(40)47(65)43(48(2,3)4)56-41(62)10-8-6-7-9-22-66-23-21-53-45(63)33-15-20-39-37(24-33)38-28-58(5)57-44(38)60(39)35-18-16-34(17-19-35)49(50,51)52/h11-20,24,28-29,36,40,43,61H,6-10,21-23,25-27H2,1-5H3,(H,53,63)(H,54,64)(H,56,62)/t36-,40+,43?/m1/s1. The first kappa shape index (κ1) is 48.8. The highest BCUT2D eigenvalue weighted by Crippen LogP contribution is 2.35. The van der Waals surface area contributed by atoms with E-state index in [1.54, 1.807) is 45.8 Å². The van der Waals surface area contributed by atoms with Crippen molar-refractivity contribution in [1.29, 1.82) is 0 Å². The van der Waals surface area contributed by atoms with Crippen LogP contribution in [0.1, 0.15) is 86.5 Å². The number of benzene rings is 3. The van der Waals surface area contributed by atoms with Gasteiger partial charge in [-0.2, -0.15) is 18.3 Å². The average Bonchev–Trinajstić information content (AvgIpc) is 4.07. The molecule has 6 aromatic rings. The van der Waals surface area contributed by atoms with E-state index in [0.29, 0.717) is 42.0 Å². The molecule has 1 aliphatic rings.